The molecule has 120 valence electrons. The lowest BCUT2D eigenvalue weighted by molar-refractivity contribution is 0.194. The van der Waals surface area contributed by atoms with Crippen LogP contribution in [-0.2, 0) is 6.54 Å². The predicted molar refractivity (Wildman–Crippen MR) is 89.2 cm³/mol. The third-order valence-corrected chi connectivity index (χ3v) is 4.00. The summed E-state index contributed by atoms with van der Waals surface area (Å²) in [6.07, 6.45) is 1.53. The third-order valence-electron chi connectivity index (χ3n) is 4.00. The Kier molecular flexibility index (Phi) is 4.06. The molecule has 1 amide bonds. The van der Waals surface area contributed by atoms with E-state index in [-0.39, 0.29) is 0 Å². The molecule has 3 aromatic rings. The van der Waals surface area contributed by atoms with Gasteiger partial charge in [0.1, 0.15) is 5.75 Å². The van der Waals surface area contributed by atoms with Crippen LogP contribution in [0.4, 0.5) is 4.79 Å². The Balaban J connectivity index is 2.08. The van der Waals surface area contributed by atoms with Crippen molar-refractivity contribution in [2.24, 2.45) is 0 Å². The number of carbonyl (C=O) groups is 1. The van der Waals surface area contributed by atoms with Gasteiger partial charge in [0.05, 0.1) is 23.8 Å². The monoisotopic (exact) mass is 313 g/mol. The van der Waals surface area contributed by atoms with Crippen molar-refractivity contribution in [3.8, 4) is 5.75 Å². The van der Waals surface area contributed by atoms with E-state index in [9.17, 15) is 4.79 Å². The fourth-order valence-corrected chi connectivity index (χ4v) is 2.99. The molecule has 0 spiro atoms. The van der Waals surface area contributed by atoms with Crippen molar-refractivity contribution in [2.45, 2.75) is 19.9 Å². The average Bonchev–Trinajstić information content (AvgIpc) is 2.86. The first-order valence-corrected chi connectivity index (χ1v) is 7.50. The van der Waals surface area contributed by atoms with Crippen molar-refractivity contribution in [1.29, 1.82) is 0 Å². The fourth-order valence-electron chi connectivity index (χ4n) is 2.99. The van der Waals surface area contributed by atoms with E-state index < -0.39 is 6.09 Å². The van der Waals surface area contributed by atoms with E-state index in [2.05, 4.69) is 20.9 Å². The summed E-state index contributed by atoms with van der Waals surface area (Å²) >= 11 is 0. The first-order valence-electron chi connectivity index (χ1n) is 7.50. The minimum atomic E-state index is -0.994. The van der Waals surface area contributed by atoms with Gasteiger partial charge >= 0.3 is 6.09 Å². The first kappa shape index (κ1) is 15.1. The van der Waals surface area contributed by atoms with E-state index >= 15 is 0 Å². The van der Waals surface area contributed by atoms with Gasteiger partial charge in [-0.3, -0.25) is 4.98 Å². The summed E-state index contributed by atoms with van der Waals surface area (Å²) in [4.78, 5) is 15.0. The zero-order valence-corrected chi connectivity index (χ0v) is 13.2. The van der Waals surface area contributed by atoms with Crippen LogP contribution in [0.2, 0.25) is 0 Å². The smallest absolute Gasteiger partial charge is 0.404 e. The Bertz CT molecular complexity index is 870. The van der Waals surface area contributed by atoms with Crippen LogP contribution in [0.5, 0.6) is 5.75 Å². The van der Waals surface area contributed by atoms with E-state index in [1.807, 2.05) is 31.3 Å². The topological polar surface area (TPSA) is 76.4 Å². The molecule has 0 atom stereocenters. The number of hydrogen-bond donors (Lipinski definition) is 2. The molecule has 2 heterocycles. The molecule has 2 N–H and O–H groups in total. The molecule has 2 aromatic heterocycles. The molecule has 0 saturated carbocycles. The number of aromatic nitrogens is 2. The lowest BCUT2D eigenvalue weighted by Crippen LogP contribution is -2.22. The van der Waals surface area contributed by atoms with Crippen LogP contribution in [0.1, 0.15) is 12.1 Å². The Morgan fingerprint density at radius 3 is 2.91 bits per heavy atom. The molecule has 0 radical (unpaired) electrons. The first-order chi connectivity index (χ1) is 11.1. The number of pyridine rings is 1. The SMILES string of the molecule is COc1ccc2c3ccnc(C)c3n(CCCNC(=O)O)c2c1. The zero-order chi connectivity index (χ0) is 16.4. The van der Waals surface area contributed by atoms with Crippen molar-refractivity contribution in [3.63, 3.8) is 0 Å². The number of hydrogen-bond acceptors (Lipinski definition) is 3. The normalized spacial score (nSPS) is 11.0. The van der Waals surface area contributed by atoms with Gasteiger partial charge in [0, 0.05) is 36.1 Å². The largest absolute Gasteiger partial charge is 0.497 e. The second-order valence-corrected chi connectivity index (χ2v) is 5.41. The van der Waals surface area contributed by atoms with Gasteiger partial charge < -0.3 is 19.7 Å². The molecule has 0 bridgehead atoms. The number of methoxy groups -OCH3 is 1. The summed E-state index contributed by atoms with van der Waals surface area (Å²) in [7, 11) is 1.65. The highest BCUT2D eigenvalue weighted by Gasteiger charge is 2.13. The molecule has 0 saturated heterocycles. The van der Waals surface area contributed by atoms with Gasteiger partial charge in [-0.1, -0.05) is 0 Å². The maximum atomic E-state index is 10.6. The quantitative estimate of drug-likeness (QED) is 0.709. The fraction of sp³-hybridized carbons (Fsp3) is 0.294. The average molecular weight is 313 g/mol. The highest BCUT2D eigenvalue weighted by atomic mass is 16.5. The van der Waals surface area contributed by atoms with Gasteiger partial charge in [-0.15, -0.1) is 0 Å². The molecular formula is C17H19N3O3. The van der Waals surface area contributed by atoms with E-state index in [0.29, 0.717) is 19.5 Å². The van der Waals surface area contributed by atoms with Gasteiger partial charge in [0.2, 0.25) is 0 Å². The Hall–Kier alpha value is -2.76. The Labute approximate surface area is 133 Å². The molecule has 0 aliphatic heterocycles. The minimum absolute atomic E-state index is 0.416. The number of amides is 1. The molecule has 3 rings (SSSR count). The summed E-state index contributed by atoms with van der Waals surface area (Å²) in [5.41, 5.74) is 3.13. The number of benzene rings is 1. The van der Waals surface area contributed by atoms with Gasteiger partial charge in [-0.05, 0) is 31.5 Å². The van der Waals surface area contributed by atoms with E-state index in [1.54, 1.807) is 7.11 Å². The number of ether oxygens (including phenoxy) is 1. The highest BCUT2D eigenvalue weighted by Crippen LogP contribution is 2.32. The van der Waals surface area contributed by atoms with Crippen LogP contribution in [-0.4, -0.2) is 34.4 Å². The van der Waals surface area contributed by atoms with Crippen molar-refractivity contribution in [3.05, 3.63) is 36.2 Å². The minimum Gasteiger partial charge on any atom is -0.497 e. The Morgan fingerprint density at radius 2 is 2.17 bits per heavy atom. The van der Waals surface area contributed by atoms with Crippen molar-refractivity contribution >= 4 is 27.9 Å². The molecule has 0 unspecified atom stereocenters. The number of aryl methyl sites for hydroxylation is 2. The molecular weight excluding hydrogens is 294 g/mol. The standard InChI is InChI=1S/C17H19N3O3/c1-11-16-14(6-8-18-11)13-5-4-12(23-2)10-15(13)20(16)9-3-7-19-17(21)22/h4-6,8,10,19H,3,7,9H2,1-2H3,(H,21,22). The van der Waals surface area contributed by atoms with Crippen LogP contribution >= 0.6 is 0 Å². The Morgan fingerprint density at radius 1 is 1.35 bits per heavy atom. The van der Waals surface area contributed by atoms with Crippen molar-refractivity contribution in [2.75, 3.05) is 13.7 Å². The third kappa shape index (κ3) is 2.79. The molecule has 0 fully saturated rings. The summed E-state index contributed by atoms with van der Waals surface area (Å²) in [6.45, 7) is 3.12. The second-order valence-electron chi connectivity index (χ2n) is 5.41. The van der Waals surface area contributed by atoms with Crippen LogP contribution in [0.15, 0.2) is 30.5 Å². The molecule has 23 heavy (non-hydrogen) atoms. The van der Waals surface area contributed by atoms with Gasteiger partial charge in [-0.2, -0.15) is 0 Å². The van der Waals surface area contributed by atoms with Gasteiger partial charge in [0.25, 0.3) is 0 Å². The highest BCUT2D eigenvalue weighted by molar-refractivity contribution is 6.09. The van der Waals surface area contributed by atoms with Gasteiger partial charge in [-0.25, -0.2) is 4.79 Å². The number of nitrogens with one attached hydrogen (secondary N) is 1. The molecule has 1 aromatic carbocycles. The number of fused-ring (bicyclic) bond motifs is 3. The summed E-state index contributed by atoms with van der Waals surface area (Å²) in [5.74, 6) is 0.802. The molecule has 6 heteroatoms. The van der Waals surface area contributed by atoms with E-state index in [1.165, 1.54) is 0 Å². The molecule has 6 nitrogen and oxygen atoms in total. The summed E-state index contributed by atoms with van der Waals surface area (Å²) < 4.78 is 7.54. The summed E-state index contributed by atoms with van der Waals surface area (Å²) in [5, 5.41) is 13.4. The molecule has 0 aliphatic carbocycles. The second kappa shape index (κ2) is 6.16. The summed E-state index contributed by atoms with van der Waals surface area (Å²) in [6, 6.07) is 8.04. The number of nitrogens with zero attached hydrogens (tertiary/aromatic N) is 2. The maximum Gasteiger partial charge on any atom is 0.404 e. The lowest BCUT2D eigenvalue weighted by Gasteiger charge is -2.09. The van der Waals surface area contributed by atoms with Crippen LogP contribution in [0.25, 0.3) is 21.8 Å². The lowest BCUT2D eigenvalue weighted by atomic mass is 10.1. The zero-order valence-electron chi connectivity index (χ0n) is 13.2. The van der Waals surface area contributed by atoms with Gasteiger partial charge in [0.15, 0.2) is 0 Å². The van der Waals surface area contributed by atoms with Crippen LogP contribution < -0.4 is 10.1 Å². The molecule has 0 aliphatic rings. The van der Waals surface area contributed by atoms with Crippen molar-refractivity contribution < 1.29 is 14.6 Å². The number of rotatable bonds is 5. The van der Waals surface area contributed by atoms with E-state index in [0.717, 1.165) is 33.2 Å². The van der Waals surface area contributed by atoms with E-state index in [4.69, 9.17) is 9.84 Å². The number of carboxylic acid groups (broad SMARTS) is 1. The van der Waals surface area contributed by atoms with Crippen molar-refractivity contribution in [1.82, 2.24) is 14.9 Å². The maximum absolute atomic E-state index is 10.6. The predicted octanol–water partition coefficient (Wildman–Crippen LogP) is 3.16. The van der Waals surface area contributed by atoms with Crippen LogP contribution in [0.3, 0.4) is 0 Å². The van der Waals surface area contributed by atoms with Crippen LogP contribution in [0, 0.1) is 6.92 Å².